The minimum Gasteiger partial charge on any atom is -0.493 e. The van der Waals surface area contributed by atoms with E-state index in [-0.39, 0.29) is 12.0 Å². The molecular weight excluding hydrogens is 397 g/mol. The average molecular weight is 438 g/mol. The molecule has 6 heteroatoms. The van der Waals surface area contributed by atoms with Crippen molar-refractivity contribution in [3.63, 3.8) is 0 Å². The van der Waals surface area contributed by atoms with Crippen LogP contribution in [0.5, 0.6) is 5.75 Å². The summed E-state index contributed by atoms with van der Waals surface area (Å²) < 4.78 is 19.7. The van der Waals surface area contributed by atoms with E-state index in [2.05, 4.69) is 18.9 Å². The van der Waals surface area contributed by atoms with Crippen molar-refractivity contribution >= 4 is 12.8 Å². The molecule has 31 heavy (non-hydrogen) atoms. The van der Waals surface area contributed by atoms with E-state index in [4.69, 9.17) is 14.6 Å². The SMILES string of the molecule is CC.CC1CCC(COc2cc(F)c(C=O)cc2C2CC2)C1.CN1CCCC1.O=CO. The Hall–Kier alpha value is -1.95. The molecule has 1 aliphatic heterocycles. The number of aldehydes is 1. The third-order valence-electron chi connectivity index (χ3n) is 5.88. The topological polar surface area (TPSA) is 66.8 Å². The molecule has 1 saturated heterocycles. The largest absolute Gasteiger partial charge is 0.493 e. The van der Waals surface area contributed by atoms with Gasteiger partial charge >= 0.3 is 0 Å². The number of carboxylic acid groups (broad SMARTS) is 1. The summed E-state index contributed by atoms with van der Waals surface area (Å²) in [5.74, 6) is 1.99. The second kappa shape index (κ2) is 15.0. The highest BCUT2D eigenvalue weighted by Crippen LogP contribution is 2.45. The number of carbonyl (C=O) groups is 2. The van der Waals surface area contributed by atoms with Crippen LogP contribution in [0.25, 0.3) is 0 Å². The Morgan fingerprint density at radius 1 is 1.13 bits per heavy atom. The van der Waals surface area contributed by atoms with E-state index < -0.39 is 5.82 Å². The fourth-order valence-electron chi connectivity index (χ4n) is 4.08. The molecule has 2 saturated carbocycles. The van der Waals surface area contributed by atoms with Crippen molar-refractivity contribution in [2.45, 2.75) is 71.6 Å². The number of ether oxygens (including phenoxy) is 1. The van der Waals surface area contributed by atoms with Gasteiger partial charge in [-0.1, -0.05) is 27.2 Å². The first-order valence-corrected chi connectivity index (χ1v) is 11.7. The first kappa shape index (κ1) is 27.1. The first-order valence-electron chi connectivity index (χ1n) is 11.7. The van der Waals surface area contributed by atoms with Crippen LogP contribution in [0.1, 0.15) is 87.6 Å². The summed E-state index contributed by atoms with van der Waals surface area (Å²) >= 11 is 0. The van der Waals surface area contributed by atoms with Crippen molar-refractivity contribution in [2.24, 2.45) is 11.8 Å². The molecule has 0 spiro atoms. The van der Waals surface area contributed by atoms with Gasteiger partial charge in [-0.3, -0.25) is 9.59 Å². The van der Waals surface area contributed by atoms with Crippen molar-refractivity contribution in [1.82, 2.24) is 4.90 Å². The fourth-order valence-corrected chi connectivity index (χ4v) is 4.08. The van der Waals surface area contributed by atoms with Gasteiger partial charge in [0.05, 0.1) is 12.2 Å². The van der Waals surface area contributed by atoms with Crippen molar-refractivity contribution in [2.75, 3.05) is 26.7 Å². The molecule has 2 atom stereocenters. The second-order valence-corrected chi connectivity index (χ2v) is 8.51. The van der Waals surface area contributed by atoms with E-state index in [1.807, 2.05) is 13.8 Å². The lowest BCUT2D eigenvalue weighted by Gasteiger charge is -2.15. The van der Waals surface area contributed by atoms with E-state index in [1.54, 1.807) is 6.07 Å². The average Bonchev–Trinajstić information content (AvgIpc) is 3.35. The summed E-state index contributed by atoms with van der Waals surface area (Å²) in [5, 5.41) is 6.89. The molecule has 1 heterocycles. The van der Waals surface area contributed by atoms with Crippen molar-refractivity contribution in [1.29, 1.82) is 0 Å². The standard InChI is InChI=1S/C17H21FO2.C5H11N.C2H6.CH2O2/c1-11-2-3-12(6-11)10-20-17-8-16(18)14(9-19)7-15(17)13-4-5-13;1-6-4-2-3-5-6;1-2;2-1-3/h7-9,11-13H,2-6,10H2,1H3;2-5H2,1H3;1-2H3;1H,(H,2,3). The maximum Gasteiger partial charge on any atom is 0.290 e. The minimum atomic E-state index is -0.473. The highest BCUT2D eigenvalue weighted by Gasteiger charge is 2.29. The molecule has 0 amide bonds. The van der Waals surface area contributed by atoms with Crippen molar-refractivity contribution < 1.29 is 23.8 Å². The van der Waals surface area contributed by atoms with Gasteiger partial charge in [0, 0.05) is 6.07 Å². The Balaban J connectivity index is 0.000000364. The molecule has 2 unspecified atom stereocenters. The van der Waals surface area contributed by atoms with Crippen LogP contribution >= 0.6 is 0 Å². The molecule has 0 bridgehead atoms. The number of likely N-dealkylation sites (tertiary alicyclic amines) is 1. The van der Waals surface area contributed by atoms with E-state index in [0.717, 1.165) is 24.3 Å². The summed E-state index contributed by atoms with van der Waals surface area (Å²) in [5.41, 5.74) is 1.16. The lowest BCUT2D eigenvalue weighted by atomic mass is 10.0. The molecule has 1 aromatic carbocycles. The van der Waals surface area contributed by atoms with Gasteiger partial charge in [-0.2, -0.15) is 0 Å². The molecule has 176 valence electrons. The van der Waals surface area contributed by atoms with Crippen LogP contribution in [0.4, 0.5) is 4.39 Å². The quantitative estimate of drug-likeness (QED) is 0.592. The summed E-state index contributed by atoms with van der Waals surface area (Å²) in [4.78, 5) is 21.6. The number of rotatable bonds is 5. The normalized spacial score (nSPS) is 22.1. The summed E-state index contributed by atoms with van der Waals surface area (Å²) in [6.45, 7) is 9.33. The Bertz CT molecular complexity index is 657. The Labute approximate surface area is 187 Å². The van der Waals surface area contributed by atoms with Crippen molar-refractivity contribution in [3.05, 3.63) is 29.1 Å². The van der Waals surface area contributed by atoms with Gasteiger partial charge in [0.25, 0.3) is 6.47 Å². The van der Waals surface area contributed by atoms with Gasteiger partial charge in [-0.25, -0.2) is 4.39 Å². The van der Waals surface area contributed by atoms with Gasteiger partial charge in [0.1, 0.15) is 11.6 Å². The molecule has 0 radical (unpaired) electrons. The summed E-state index contributed by atoms with van der Waals surface area (Å²) in [6, 6.07) is 3.07. The van der Waals surface area contributed by atoms with E-state index >= 15 is 0 Å². The molecule has 0 aromatic heterocycles. The van der Waals surface area contributed by atoms with E-state index in [1.165, 1.54) is 51.3 Å². The Kier molecular flexibility index (Phi) is 13.1. The van der Waals surface area contributed by atoms with Crippen LogP contribution in [0.3, 0.4) is 0 Å². The fraction of sp³-hybridized carbons (Fsp3) is 0.680. The molecular formula is C25H40FNO4. The third-order valence-corrected chi connectivity index (χ3v) is 5.88. The molecule has 3 fully saturated rings. The lowest BCUT2D eigenvalue weighted by molar-refractivity contribution is -0.122. The van der Waals surface area contributed by atoms with Gasteiger partial charge in [0.2, 0.25) is 0 Å². The molecule has 1 N–H and O–H groups in total. The zero-order valence-electron chi connectivity index (χ0n) is 19.6. The van der Waals surface area contributed by atoms with Crippen LogP contribution in [-0.4, -0.2) is 49.5 Å². The monoisotopic (exact) mass is 437 g/mol. The highest BCUT2D eigenvalue weighted by molar-refractivity contribution is 5.76. The third kappa shape index (κ3) is 9.81. The number of halogens is 1. The summed E-state index contributed by atoms with van der Waals surface area (Å²) in [6.07, 6.45) is 9.31. The Morgan fingerprint density at radius 2 is 1.74 bits per heavy atom. The van der Waals surface area contributed by atoms with Crippen molar-refractivity contribution in [3.8, 4) is 5.75 Å². The molecule has 4 rings (SSSR count). The predicted molar refractivity (Wildman–Crippen MR) is 123 cm³/mol. The van der Waals surface area contributed by atoms with Gasteiger partial charge < -0.3 is 14.7 Å². The summed E-state index contributed by atoms with van der Waals surface area (Å²) in [7, 11) is 2.17. The second-order valence-electron chi connectivity index (χ2n) is 8.51. The van der Waals surface area contributed by atoms with Crippen LogP contribution < -0.4 is 4.74 Å². The number of hydrogen-bond acceptors (Lipinski definition) is 4. The first-order chi connectivity index (χ1) is 15.0. The van der Waals surface area contributed by atoms with Gasteiger partial charge in [0.15, 0.2) is 6.29 Å². The van der Waals surface area contributed by atoms with Crippen LogP contribution in [0, 0.1) is 17.7 Å². The smallest absolute Gasteiger partial charge is 0.290 e. The van der Waals surface area contributed by atoms with Crippen LogP contribution in [0.2, 0.25) is 0 Å². The number of carbonyl (C=O) groups excluding carboxylic acids is 1. The predicted octanol–water partition coefficient (Wildman–Crippen LogP) is 5.77. The lowest BCUT2D eigenvalue weighted by Crippen LogP contribution is -2.10. The molecule has 5 nitrogen and oxygen atoms in total. The highest BCUT2D eigenvalue weighted by atomic mass is 19.1. The molecule has 3 aliphatic rings. The van der Waals surface area contributed by atoms with Crippen LogP contribution in [-0.2, 0) is 4.79 Å². The number of benzene rings is 1. The van der Waals surface area contributed by atoms with Crippen LogP contribution in [0.15, 0.2) is 12.1 Å². The van der Waals surface area contributed by atoms with Gasteiger partial charge in [-0.15, -0.1) is 0 Å². The van der Waals surface area contributed by atoms with E-state index in [0.29, 0.717) is 30.5 Å². The minimum absolute atomic E-state index is 0.147. The zero-order valence-corrected chi connectivity index (χ0v) is 19.6. The maximum absolute atomic E-state index is 13.8. The molecule has 1 aromatic rings. The number of nitrogens with zero attached hydrogens (tertiary/aromatic N) is 1. The number of hydrogen-bond donors (Lipinski definition) is 1. The Morgan fingerprint density at radius 3 is 2.16 bits per heavy atom. The van der Waals surface area contributed by atoms with Gasteiger partial charge in [-0.05, 0) is 88.0 Å². The zero-order chi connectivity index (χ0) is 23.2. The molecule has 2 aliphatic carbocycles. The van der Waals surface area contributed by atoms with E-state index in [9.17, 15) is 9.18 Å². The maximum atomic E-state index is 13.8.